The van der Waals surface area contributed by atoms with E-state index < -0.39 is 0 Å². The lowest BCUT2D eigenvalue weighted by molar-refractivity contribution is 0.415. The van der Waals surface area contributed by atoms with Crippen LogP contribution in [0.3, 0.4) is 0 Å². The Bertz CT molecular complexity index is 450. The van der Waals surface area contributed by atoms with Crippen molar-refractivity contribution in [3.8, 4) is 0 Å². The Morgan fingerprint density at radius 2 is 1.63 bits per heavy atom. The fraction of sp³-hybridized carbons (Fsp3) is 0.462. The number of hydrogen-bond donors (Lipinski definition) is 2. The van der Waals surface area contributed by atoms with Crippen LogP contribution in [0.2, 0.25) is 0 Å². The summed E-state index contributed by atoms with van der Waals surface area (Å²) in [5, 5.41) is 7.35. The molecule has 0 spiro atoms. The topological polar surface area (TPSA) is 24.1 Å². The van der Waals surface area contributed by atoms with Crippen LogP contribution in [0.4, 0.5) is 5.69 Å². The third-order valence-electron chi connectivity index (χ3n) is 3.19. The molecule has 1 aromatic carbocycles. The van der Waals surface area contributed by atoms with Crippen LogP contribution >= 0.6 is 60.0 Å². The molecule has 104 valence electrons. The number of anilines is 1. The maximum absolute atomic E-state index is 5.39. The van der Waals surface area contributed by atoms with E-state index in [0.717, 1.165) is 19.1 Å². The number of nitrogens with one attached hydrogen (secondary N) is 2. The van der Waals surface area contributed by atoms with E-state index in [2.05, 4.69) is 58.4 Å². The zero-order valence-electron chi connectivity index (χ0n) is 10.3. The molecule has 0 unspecified atom stereocenters. The van der Waals surface area contributed by atoms with E-state index in [1.54, 1.807) is 0 Å². The van der Waals surface area contributed by atoms with Crippen LogP contribution in [0, 0.1) is 0 Å². The molecule has 1 aliphatic rings. The van der Waals surface area contributed by atoms with Crippen LogP contribution in [-0.2, 0) is 0 Å². The maximum atomic E-state index is 5.39. The van der Waals surface area contributed by atoms with Crippen molar-refractivity contribution in [1.82, 2.24) is 5.32 Å². The van der Waals surface area contributed by atoms with Gasteiger partial charge in [-0.1, -0.05) is 35.2 Å². The van der Waals surface area contributed by atoms with Crippen LogP contribution in [0.25, 0.3) is 0 Å². The van der Waals surface area contributed by atoms with E-state index in [4.69, 9.17) is 12.2 Å². The molecule has 2 nitrogen and oxygen atoms in total. The second-order valence-corrected chi connectivity index (χ2v) is 7.71. The highest BCUT2D eigenvalue weighted by molar-refractivity contribution is 9.11. The van der Waals surface area contributed by atoms with Gasteiger partial charge in [-0.3, -0.25) is 0 Å². The van der Waals surface area contributed by atoms with Gasteiger partial charge in [-0.2, -0.15) is 0 Å². The van der Waals surface area contributed by atoms with Crippen molar-refractivity contribution >= 4 is 70.8 Å². The summed E-state index contributed by atoms with van der Waals surface area (Å²) in [5.74, 6) is 0. The molecule has 0 radical (unpaired) electrons. The summed E-state index contributed by atoms with van der Waals surface area (Å²) in [6.45, 7) is 0. The molecule has 1 fully saturated rings. The van der Waals surface area contributed by atoms with Gasteiger partial charge >= 0.3 is 0 Å². The van der Waals surface area contributed by atoms with Crippen molar-refractivity contribution in [3.63, 3.8) is 0 Å². The molecule has 19 heavy (non-hydrogen) atoms. The average molecular weight is 471 g/mol. The second kappa shape index (κ2) is 7.38. The third-order valence-corrected chi connectivity index (χ3v) is 5.11. The van der Waals surface area contributed by atoms with E-state index in [1.807, 2.05) is 12.1 Å². The third kappa shape index (κ3) is 4.69. The molecule has 0 bridgehead atoms. The molecule has 0 heterocycles. The van der Waals surface area contributed by atoms with Crippen molar-refractivity contribution in [1.29, 1.82) is 0 Å². The van der Waals surface area contributed by atoms with E-state index in [-0.39, 0.29) is 0 Å². The summed E-state index contributed by atoms with van der Waals surface area (Å²) < 4.78 is 2.96. The van der Waals surface area contributed by atoms with E-state index in [9.17, 15) is 0 Å². The standard InChI is InChI=1S/C13H15Br3N2S/c14-8-6-10(15)12(11(16)7-8)18-13(19)17-9-4-2-1-3-5-9/h6-7,9H,1-5H2,(H2,17,18,19). The molecule has 6 heteroatoms. The minimum atomic E-state index is 0.516. The molecule has 0 aromatic heterocycles. The number of benzene rings is 1. The van der Waals surface area contributed by atoms with Gasteiger partial charge in [0.2, 0.25) is 0 Å². The highest BCUT2D eigenvalue weighted by atomic mass is 79.9. The predicted octanol–water partition coefficient (Wildman–Crippen LogP) is 5.59. The Kier molecular flexibility index (Phi) is 6.11. The minimum Gasteiger partial charge on any atom is -0.360 e. The van der Waals surface area contributed by atoms with Gasteiger partial charge in [0, 0.05) is 19.5 Å². The largest absolute Gasteiger partial charge is 0.360 e. The molecule has 1 aromatic rings. The molecule has 1 aliphatic carbocycles. The predicted molar refractivity (Wildman–Crippen MR) is 95.8 cm³/mol. The number of hydrogen-bond acceptors (Lipinski definition) is 1. The highest BCUT2D eigenvalue weighted by Gasteiger charge is 2.15. The summed E-state index contributed by atoms with van der Waals surface area (Å²) in [6, 6.07) is 4.51. The van der Waals surface area contributed by atoms with Crippen LogP contribution in [-0.4, -0.2) is 11.2 Å². The van der Waals surface area contributed by atoms with Crippen molar-refractivity contribution in [2.45, 2.75) is 38.1 Å². The molecule has 0 saturated heterocycles. The van der Waals surface area contributed by atoms with E-state index in [1.165, 1.54) is 32.1 Å². The summed E-state index contributed by atoms with van der Waals surface area (Å²) in [7, 11) is 0. The fourth-order valence-electron chi connectivity index (χ4n) is 2.24. The van der Waals surface area contributed by atoms with Gasteiger partial charge in [0.1, 0.15) is 0 Å². The molecule has 0 aliphatic heterocycles. The fourth-order valence-corrected chi connectivity index (χ4v) is 4.97. The lowest BCUT2D eigenvalue weighted by atomic mass is 9.96. The minimum absolute atomic E-state index is 0.516. The summed E-state index contributed by atoms with van der Waals surface area (Å²) in [5.41, 5.74) is 0.955. The van der Waals surface area contributed by atoms with Crippen molar-refractivity contribution in [2.75, 3.05) is 5.32 Å². The summed E-state index contributed by atoms with van der Waals surface area (Å²) in [6.07, 6.45) is 6.37. The smallest absolute Gasteiger partial charge is 0.171 e. The van der Waals surface area contributed by atoms with Gasteiger partial charge in [-0.05, 0) is 69.1 Å². The first-order chi connectivity index (χ1) is 9.06. The summed E-state index contributed by atoms with van der Waals surface area (Å²) >= 11 is 15.9. The Morgan fingerprint density at radius 3 is 2.21 bits per heavy atom. The van der Waals surface area contributed by atoms with Crippen molar-refractivity contribution in [2.24, 2.45) is 0 Å². The summed E-state index contributed by atoms with van der Waals surface area (Å²) in [4.78, 5) is 0. The first kappa shape index (κ1) is 15.7. The van der Waals surface area contributed by atoms with Crippen LogP contribution in [0.1, 0.15) is 32.1 Å². The first-order valence-corrected chi connectivity index (χ1v) is 9.07. The molecule has 2 N–H and O–H groups in total. The zero-order chi connectivity index (χ0) is 13.8. The van der Waals surface area contributed by atoms with Gasteiger partial charge in [0.15, 0.2) is 5.11 Å². The Morgan fingerprint density at radius 1 is 1.05 bits per heavy atom. The van der Waals surface area contributed by atoms with Crippen molar-refractivity contribution in [3.05, 3.63) is 25.6 Å². The number of halogens is 3. The molecule has 2 rings (SSSR count). The number of thiocarbonyl (C=S) groups is 1. The Labute approximate surface area is 144 Å². The normalized spacial score (nSPS) is 16.2. The highest BCUT2D eigenvalue weighted by Crippen LogP contribution is 2.34. The van der Waals surface area contributed by atoms with Crippen LogP contribution in [0.15, 0.2) is 25.6 Å². The van der Waals surface area contributed by atoms with Crippen LogP contribution < -0.4 is 10.6 Å². The molecule has 0 amide bonds. The first-order valence-electron chi connectivity index (χ1n) is 6.28. The molecule has 1 saturated carbocycles. The van der Waals surface area contributed by atoms with E-state index in [0.29, 0.717) is 11.2 Å². The van der Waals surface area contributed by atoms with E-state index >= 15 is 0 Å². The van der Waals surface area contributed by atoms with Gasteiger partial charge in [0.05, 0.1) is 5.69 Å². The molecular weight excluding hydrogens is 456 g/mol. The Hall–Kier alpha value is 0.350. The van der Waals surface area contributed by atoms with Crippen molar-refractivity contribution < 1.29 is 0 Å². The van der Waals surface area contributed by atoms with Gasteiger partial charge < -0.3 is 10.6 Å². The Balaban J connectivity index is 1.98. The SMILES string of the molecule is S=C(Nc1c(Br)cc(Br)cc1Br)NC1CCCCC1. The molecular formula is C13H15Br3N2S. The zero-order valence-corrected chi connectivity index (χ0v) is 15.9. The van der Waals surface area contributed by atoms with Gasteiger partial charge in [0.25, 0.3) is 0 Å². The molecule has 0 atom stereocenters. The second-order valence-electron chi connectivity index (χ2n) is 4.68. The van der Waals surface area contributed by atoms with Gasteiger partial charge in [-0.15, -0.1) is 0 Å². The quantitative estimate of drug-likeness (QED) is 0.551. The number of rotatable bonds is 2. The lowest BCUT2D eigenvalue weighted by Gasteiger charge is -2.24. The average Bonchev–Trinajstić information content (AvgIpc) is 2.35. The monoisotopic (exact) mass is 468 g/mol. The lowest BCUT2D eigenvalue weighted by Crippen LogP contribution is -2.38. The van der Waals surface area contributed by atoms with Crippen LogP contribution in [0.5, 0.6) is 0 Å². The van der Waals surface area contributed by atoms with Gasteiger partial charge in [-0.25, -0.2) is 0 Å². The maximum Gasteiger partial charge on any atom is 0.171 e.